The van der Waals surface area contributed by atoms with Gasteiger partial charge in [-0.25, -0.2) is 8.78 Å². The van der Waals surface area contributed by atoms with Gasteiger partial charge in [-0.1, -0.05) is 0 Å². The summed E-state index contributed by atoms with van der Waals surface area (Å²) < 4.78 is 34.0. The van der Waals surface area contributed by atoms with E-state index in [-0.39, 0.29) is 18.9 Å². The van der Waals surface area contributed by atoms with E-state index >= 15 is 0 Å². The zero-order valence-electron chi connectivity index (χ0n) is 10.6. The Morgan fingerprint density at radius 2 is 1.95 bits per heavy atom. The van der Waals surface area contributed by atoms with Crippen molar-refractivity contribution >= 4 is 0 Å². The summed E-state index contributed by atoms with van der Waals surface area (Å²) in [5.74, 6) is -1.82. The van der Waals surface area contributed by atoms with Crippen molar-refractivity contribution in [2.24, 2.45) is 12.8 Å². The van der Waals surface area contributed by atoms with E-state index in [1.54, 1.807) is 17.9 Å². The molecule has 2 rings (SSSR count). The fraction of sp³-hybridized carbons (Fsp3) is 0.308. The first-order chi connectivity index (χ1) is 9.10. The molecule has 0 saturated heterocycles. The molecule has 0 saturated carbocycles. The lowest BCUT2D eigenvalue weighted by Gasteiger charge is -2.09. The summed E-state index contributed by atoms with van der Waals surface area (Å²) in [5, 5.41) is 4.00. The molecule has 6 heteroatoms. The smallest absolute Gasteiger partial charge is 0.190 e. The number of aromatic nitrogens is 2. The number of aryl methyl sites for hydroxylation is 1. The number of nitrogens with two attached hydrogens (primary N) is 1. The summed E-state index contributed by atoms with van der Waals surface area (Å²) in [6.07, 6.45) is 4.05. The van der Waals surface area contributed by atoms with E-state index in [1.165, 1.54) is 12.1 Å². The van der Waals surface area contributed by atoms with Crippen molar-refractivity contribution in [3.05, 3.63) is 47.3 Å². The van der Waals surface area contributed by atoms with Crippen molar-refractivity contribution in [3.8, 4) is 5.75 Å². The molecule has 2 N–H and O–H groups in total. The van der Waals surface area contributed by atoms with E-state index in [9.17, 15) is 8.78 Å². The van der Waals surface area contributed by atoms with Crippen LogP contribution < -0.4 is 10.5 Å². The molecule has 2 aromatic rings. The van der Waals surface area contributed by atoms with Crippen molar-refractivity contribution in [1.29, 1.82) is 0 Å². The largest absolute Gasteiger partial charge is 0.487 e. The topological polar surface area (TPSA) is 53.1 Å². The number of halogens is 2. The molecule has 0 unspecified atom stereocenters. The molecule has 0 aliphatic carbocycles. The van der Waals surface area contributed by atoms with Gasteiger partial charge in [-0.2, -0.15) is 5.10 Å². The quantitative estimate of drug-likeness (QED) is 0.898. The van der Waals surface area contributed by atoms with Gasteiger partial charge in [-0.05, 0) is 23.3 Å². The highest BCUT2D eigenvalue weighted by molar-refractivity contribution is 5.31. The minimum absolute atomic E-state index is 0.0871. The molecular formula is C13H15F2N3O. The molecule has 0 aliphatic rings. The second kappa shape index (κ2) is 5.79. The van der Waals surface area contributed by atoms with Crippen LogP contribution in [-0.2, 0) is 20.0 Å². The van der Waals surface area contributed by atoms with Crippen LogP contribution in [-0.4, -0.2) is 16.4 Å². The summed E-state index contributed by atoms with van der Waals surface area (Å²) in [6.45, 7) is 0.269. The van der Waals surface area contributed by atoms with Gasteiger partial charge in [0.1, 0.15) is 0 Å². The summed E-state index contributed by atoms with van der Waals surface area (Å²) in [5.41, 5.74) is 6.68. The van der Waals surface area contributed by atoms with Crippen molar-refractivity contribution in [2.75, 3.05) is 6.61 Å². The van der Waals surface area contributed by atoms with Gasteiger partial charge in [0, 0.05) is 26.2 Å². The molecule has 0 amide bonds. The lowest BCUT2D eigenvalue weighted by Crippen LogP contribution is -2.06. The molecule has 0 fully saturated rings. The average Bonchev–Trinajstić information content (AvgIpc) is 2.78. The third-order valence-corrected chi connectivity index (χ3v) is 2.69. The van der Waals surface area contributed by atoms with Gasteiger partial charge in [0.25, 0.3) is 0 Å². The van der Waals surface area contributed by atoms with Crippen LogP contribution in [0.3, 0.4) is 0 Å². The number of ether oxygens (including phenoxy) is 1. The average molecular weight is 267 g/mol. The van der Waals surface area contributed by atoms with Crippen molar-refractivity contribution in [3.63, 3.8) is 0 Å². The maximum Gasteiger partial charge on any atom is 0.190 e. The highest BCUT2D eigenvalue weighted by Crippen LogP contribution is 2.23. The Balaban J connectivity index is 1.99. The molecule has 4 nitrogen and oxygen atoms in total. The third kappa shape index (κ3) is 3.29. The maximum absolute atomic E-state index is 13.6. The molecule has 0 aliphatic heterocycles. The van der Waals surface area contributed by atoms with E-state index in [1.807, 2.05) is 6.20 Å². The molecule has 102 valence electrons. The first kappa shape index (κ1) is 13.5. The van der Waals surface area contributed by atoms with Gasteiger partial charge in [0.2, 0.25) is 0 Å². The van der Waals surface area contributed by atoms with Crippen LogP contribution >= 0.6 is 0 Å². The Bertz CT molecular complexity index is 546. The van der Waals surface area contributed by atoms with Crippen LogP contribution in [0.4, 0.5) is 8.78 Å². The van der Waals surface area contributed by atoms with Gasteiger partial charge in [-0.3, -0.25) is 4.68 Å². The fourth-order valence-electron chi connectivity index (χ4n) is 1.74. The van der Waals surface area contributed by atoms with E-state index in [2.05, 4.69) is 5.10 Å². The van der Waals surface area contributed by atoms with Crippen LogP contribution in [0.2, 0.25) is 0 Å². The van der Waals surface area contributed by atoms with E-state index < -0.39 is 11.6 Å². The Morgan fingerprint density at radius 1 is 1.26 bits per heavy atom. The normalized spacial score (nSPS) is 10.7. The predicted molar refractivity (Wildman–Crippen MR) is 66.7 cm³/mol. The van der Waals surface area contributed by atoms with E-state index in [0.29, 0.717) is 12.0 Å². The van der Waals surface area contributed by atoms with Gasteiger partial charge in [-0.15, -0.1) is 0 Å². The summed E-state index contributed by atoms with van der Waals surface area (Å²) in [6, 6.07) is 2.37. The molecule has 1 aromatic heterocycles. The standard InChI is InChI=1S/C13H15F2N3O/c1-18-8-9(7-17-18)2-3-19-13-11(14)4-10(6-16)5-12(13)15/h4-5,7-8H,2-3,6,16H2,1H3. The Hall–Kier alpha value is -1.95. The van der Waals surface area contributed by atoms with Crippen molar-refractivity contribution in [1.82, 2.24) is 9.78 Å². The van der Waals surface area contributed by atoms with E-state index in [0.717, 1.165) is 5.56 Å². The zero-order chi connectivity index (χ0) is 13.8. The SMILES string of the molecule is Cn1cc(CCOc2c(F)cc(CN)cc2F)cn1. The number of benzene rings is 1. The van der Waals surface area contributed by atoms with Crippen LogP contribution in [0, 0.1) is 11.6 Å². The molecule has 1 heterocycles. The summed E-state index contributed by atoms with van der Waals surface area (Å²) >= 11 is 0. The minimum atomic E-state index is -0.730. The van der Waals surface area contributed by atoms with Crippen LogP contribution in [0.15, 0.2) is 24.5 Å². The second-order valence-corrected chi connectivity index (χ2v) is 4.21. The molecule has 0 atom stereocenters. The first-order valence-corrected chi connectivity index (χ1v) is 5.88. The number of hydrogen-bond donors (Lipinski definition) is 1. The van der Waals surface area contributed by atoms with Crippen LogP contribution in [0.25, 0.3) is 0 Å². The van der Waals surface area contributed by atoms with E-state index in [4.69, 9.17) is 10.5 Å². The lowest BCUT2D eigenvalue weighted by molar-refractivity contribution is 0.288. The molecule has 0 radical (unpaired) electrons. The second-order valence-electron chi connectivity index (χ2n) is 4.21. The fourth-order valence-corrected chi connectivity index (χ4v) is 1.74. The number of rotatable bonds is 5. The van der Waals surface area contributed by atoms with Crippen LogP contribution in [0.5, 0.6) is 5.75 Å². The zero-order valence-corrected chi connectivity index (χ0v) is 10.6. The molecule has 1 aromatic carbocycles. The van der Waals surface area contributed by atoms with Crippen LogP contribution in [0.1, 0.15) is 11.1 Å². The van der Waals surface area contributed by atoms with Gasteiger partial charge in [0.05, 0.1) is 12.8 Å². The first-order valence-electron chi connectivity index (χ1n) is 5.88. The number of nitrogens with zero attached hydrogens (tertiary/aromatic N) is 2. The summed E-state index contributed by atoms with van der Waals surface area (Å²) in [7, 11) is 1.80. The highest BCUT2D eigenvalue weighted by Gasteiger charge is 2.12. The third-order valence-electron chi connectivity index (χ3n) is 2.69. The minimum Gasteiger partial charge on any atom is -0.487 e. The molecule has 0 bridgehead atoms. The van der Waals surface area contributed by atoms with Gasteiger partial charge >= 0.3 is 0 Å². The molecular weight excluding hydrogens is 252 g/mol. The number of hydrogen-bond acceptors (Lipinski definition) is 3. The van der Waals surface area contributed by atoms with Crippen molar-refractivity contribution < 1.29 is 13.5 Å². The Labute approximate surface area is 109 Å². The molecule has 19 heavy (non-hydrogen) atoms. The summed E-state index contributed by atoms with van der Waals surface area (Å²) in [4.78, 5) is 0. The highest BCUT2D eigenvalue weighted by atomic mass is 19.1. The Morgan fingerprint density at radius 3 is 2.47 bits per heavy atom. The van der Waals surface area contributed by atoms with Gasteiger partial charge in [0.15, 0.2) is 17.4 Å². The lowest BCUT2D eigenvalue weighted by atomic mass is 10.2. The maximum atomic E-state index is 13.6. The van der Waals surface area contributed by atoms with Crippen molar-refractivity contribution in [2.45, 2.75) is 13.0 Å². The predicted octanol–water partition coefficient (Wildman–Crippen LogP) is 1.78. The Kier molecular flexibility index (Phi) is 4.11. The van der Waals surface area contributed by atoms with Gasteiger partial charge < -0.3 is 10.5 Å². The monoisotopic (exact) mass is 267 g/mol. The molecule has 0 spiro atoms.